The number of Topliss-reactive ketones (excluding diaryl/α,β-unsaturated/α-hetero) is 1. The quantitative estimate of drug-likeness (QED) is 0.338. The Balaban J connectivity index is 1.68. The number of aliphatic hydroxyl groups is 1. The molecule has 3 aromatic rings. The Labute approximate surface area is 189 Å². The average molecular weight is 450 g/mol. The van der Waals surface area contributed by atoms with Crippen LogP contribution in [0.1, 0.15) is 34.9 Å². The Hall–Kier alpha value is -3.51. The summed E-state index contributed by atoms with van der Waals surface area (Å²) in [6, 6.07) is 12.8. The van der Waals surface area contributed by atoms with Crippen LogP contribution in [0.25, 0.3) is 5.76 Å². The van der Waals surface area contributed by atoms with Crippen LogP contribution in [0.3, 0.4) is 0 Å². The van der Waals surface area contributed by atoms with Crippen molar-refractivity contribution >= 4 is 34.7 Å². The molecule has 3 heterocycles. The fourth-order valence-electron chi connectivity index (χ4n) is 4.35. The van der Waals surface area contributed by atoms with Gasteiger partial charge in [-0.1, -0.05) is 11.6 Å². The van der Waals surface area contributed by atoms with Gasteiger partial charge < -0.3 is 14.3 Å². The summed E-state index contributed by atoms with van der Waals surface area (Å²) in [6.45, 7) is 2.46. The minimum Gasteiger partial charge on any atom is -0.507 e. The third-order valence-corrected chi connectivity index (χ3v) is 6.09. The molecule has 1 aromatic heterocycles. The van der Waals surface area contributed by atoms with Gasteiger partial charge in [0, 0.05) is 16.3 Å². The van der Waals surface area contributed by atoms with E-state index in [1.807, 2.05) is 13.0 Å². The van der Waals surface area contributed by atoms with Crippen molar-refractivity contribution in [1.29, 1.82) is 0 Å². The number of carbonyl (C=O) groups excluding carboxylic acids is 2. The number of halogens is 1. The van der Waals surface area contributed by atoms with Crippen LogP contribution in [-0.4, -0.2) is 23.4 Å². The molecule has 1 N–H and O–H groups in total. The maximum absolute atomic E-state index is 13.2. The van der Waals surface area contributed by atoms with Crippen molar-refractivity contribution < 1.29 is 23.8 Å². The van der Waals surface area contributed by atoms with Gasteiger partial charge in [-0.3, -0.25) is 14.5 Å². The summed E-state index contributed by atoms with van der Waals surface area (Å²) in [5, 5.41) is 11.8. The van der Waals surface area contributed by atoms with Gasteiger partial charge in [-0.05, 0) is 79.4 Å². The van der Waals surface area contributed by atoms with Crippen LogP contribution >= 0.6 is 11.6 Å². The van der Waals surface area contributed by atoms with E-state index in [1.54, 1.807) is 42.5 Å². The number of hydrogen-bond donors (Lipinski definition) is 1. The molecule has 2 aliphatic rings. The van der Waals surface area contributed by atoms with Crippen molar-refractivity contribution in [1.82, 2.24) is 0 Å². The molecule has 162 valence electrons. The first-order chi connectivity index (χ1) is 15.5. The van der Waals surface area contributed by atoms with Crippen molar-refractivity contribution in [3.05, 3.63) is 87.8 Å². The van der Waals surface area contributed by atoms with Crippen LogP contribution in [0.15, 0.2) is 64.8 Å². The number of anilines is 1. The molecule has 0 aliphatic carbocycles. The molecule has 5 rings (SSSR count). The van der Waals surface area contributed by atoms with Crippen molar-refractivity contribution in [3.63, 3.8) is 0 Å². The van der Waals surface area contributed by atoms with E-state index in [0.717, 1.165) is 29.7 Å². The first-order valence-corrected chi connectivity index (χ1v) is 10.7. The van der Waals surface area contributed by atoms with E-state index in [1.165, 1.54) is 11.2 Å². The number of furan rings is 1. The van der Waals surface area contributed by atoms with Gasteiger partial charge in [0.15, 0.2) is 0 Å². The summed E-state index contributed by atoms with van der Waals surface area (Å²) in [7, 11) is 0. The highest BCUT2D eigenvalue weighted by Gasteiger charge is 2.48. The van der Waals surface area contributed by atoms with Gasteiger partial charge in [0.2, 0.25) is 0 Å². The molecule has 1 atom stereocenters. The minimum absolute atomic E-state index is 0.0176. The largest absolute Gasteiger partial charge is 0.507 e. The van der Waals surface area contributed by atoms with E-state index in [4.69, 9.17) is 20.8 Å². The molecule has 1 amide bonds. The summed E-state index contributed by atoms with van der Waals surface area (Å²) >= 11 is 6.09. The van der Waals surface area contributed by atoms with Gasteiger partial charge in [-0.25, -0.2) is 0 Å². The Morgan fingerprint density at radius 1 is 1.16 bits per heavy atom. The van der Waals surface area contributed by atoms with E-state index in [9.17, 15) is 14.7 Å². The molecule has 1 unspecified atom stereocenters. The summed E-state index contributed by atoms with van der Waals surface area (Å²) in [4.78, 5) is 27.7. The maximum atomic E-state index is 13.2. The lowest BCUT2D eigenvalue weighted by Gasteiger charge is -2.25. The molecule has 0 spiro atoms. The third kappa shape index (κ3) is 3.28. The molecule has 0 radical (unpaired) electrons. The lowest BCUT2D eigenvalue weighted by molar-refractivity contribution is -0.132. The highest BCUT2D eigenvalue weighted by molar-refractivity contribution is 6.51. The normalized spacial score (nSPS) is 19.7. The predicted octanol–water partition coefficient (Wildman–Crippen LogP) is 5.19. The number of ether oxygens (including phenoxy) is 1. The van der Waals surface area contributed by atoms with Gasteiger partial charge >= 0.3 is 0 Å². The number of fused-ring (bicyclic) bond motifs is 1. The van der Waals surface area contributed by atoms with E-state index < -0.39 is 17.7 Å². The van der Waals surface area contributed by atoms with Gasteiger partial charge in [-0.2, -0.15) is 0 Å². The van der Waals surface area contributed by atoms with E-state index >= 15 is 0 Å². The van der Waals surface area contributed by atoms with Gasteiger partial charge in [0.05, 0.1) is 18.4 Å². The Kier molecular flexibility index (Phi) is 5.02. The van der Waals surface area contributed by atoms with Crippen LogP contribution in [0.4, 0.5) is 5.69 Å². The minimum atomic E-state index is -0.905. The van der Waals surface area contributed by atoms with Crippen molar-refractivity contribution in [2.45, 2.75) is 25.8 Å². The van der Waals surface area contributed by atoms with Crippen molar-refractivity contribution in [2.75, 3.05) is 11.5 Å². The fraction of sp³-hybridized carbons (Fsp3) is 0.200. The van der Waals surface area contributed by atoms with Gasteiger partial charge in [-0.15, -0.1) is 0 Å². The summed E-state index contributed by atoms with van der Waals surface area (Å²) in [5.74, 6) is -0.604. The number of aryl methyl sites for hydroxylation is 2. The van der Waals surface area contributed by atoms with Crippen LogP contribution < -0.4 is 9.64 Å². The van der Waals surface area contributed by atoms with Crippen molar-refractivity contribution in [2.24, 2.45) is 0 Å². The standard InChI is InChI=1S/C25H20ClNO5/c1-14-12-17(26)7-8-18(14)27-22(20-5-3-11-32-20)21(24(29)25(27)30)23(28)16-6-9-19-15(13-16)4-2-10-31-19/h3,5-9,11-13,22,28H,2,4,10H2,1H3/b23-21-. The molecule has 0 bridgehead atoms. The van der Waals surface area contributed by atoms with Gasteiger partial charge in [0.1, 0.15) is 23.3 Å². The number of aliphatic hydroxyl groups excluding tert-OH is 1. The number of rotatable bonds is 3. The number of amides is 1. The van der Waals surface area contributed by atoms with Crippen LogP contribution in [0.2, 0.25) is 5.02 Å². The van der Waals surface area contributed by atoms with E-state index in [2.05, 4.69) is 0 Å². The third-order valence-electron chi connectivity index (χ3n) is 5.86. The van der Waals surface area contributed by atoms with E-state index in [-0.39, 0.29) is 11.3 Å². The lowest BCUT2D eigenvalue weighted by atomic mass is 9.96. The fourth-order valence-corrected chi connectivity index (χ4v) is 4.58. The lowest BCUT2D eigenvalue weighted by Crippen LogP contribution is -2.29. The average Bonchev–Trinajstić information content (AvgIpc) is 3.40. The summed E-state index contributed by atoms with van der Waals surface area (Å²) in [5.41, 5.74) is 2.64. The maximum Gasteiger partial charge on any atom is 0.300 e. The van der Waals surface area contributed by atoms with Crippen LogP contribution in [0.5, 0.6) is 5.75 Å². The number of nitrogens with zero attached hydrogens (tertiary/aromatic N) is 1. The van der Waals surface area contributed by atoms with Crippen LogP contribution in [-0.2, 0) is 16.0 Å². The molecule has 1 saturated heterocycles. The second kappa shape index (κ2) is 7.88. The predicted molar refractivity (Wildman–Crippen MR) is 120 cm³/mol. The molecule has 2 aliphatic heterocycles. The molecule has 2 aromatic carbocycles. The molecule has 0 saturated carbocycles. The van der Waals surface area contributed by atoms with Gasteiger partial charge in [0.25, 0.3) is 11.7 Å². The summed E-state index contributed by atoms with van der Waals surface area (Å²) < 4.78 is 11.2. The number of hydrogen-bond acceptors (Lipinski definition) is 5. The monoisotopic (exact) mass is 449 g/mol. The first kappa shape index (κ1) is 20.4. The molecule has 7 heteroatoms. The highest BCUT2D eigenvalue weighted by atomic mass is 35.5. The summed E-state index contributed by atoms with van der Waals surface area (Å²) in [6.07, 6.45) is 3.17. The molecule has 1 fully saturated rings. The Bertz CT molecular complexity index is 1260. The smallest absolute Gasteiger partial charge is 0.300 e. The zero-order valence-electron chi connectivity index (χ0n) is 17.3. The number of ketones is 1. The zero-order chi connectivity index (χ0) is 22.4. The molecular weight excluding hydrogens is 430 g/mol. The van der Waals surface area contributed by atoms with Crippen molar-refractivity contribution in [3.8, 4) is 5.75 Å². The molecular formula is C25H20ClNO5. The molecule has 32 heavy (non-hydrogen) atoms. The topological polar surface area (TPSA) is 80.0 Å². The van der Waals surface area contributed by atoms with Crippen LogP contribution in [0, 0.1) is 6.92 Å². The number of benzene rings is 2. The zero-order valence-corrected chi connectivity index (χ0v) is 18.1. The first-order valence-electron chi connectivity index (χ1n) is 10.3. The second-order valence-corrected chi connectivity index (χ2v) is 8.33. The Morgan fingerprint density at radius 2 is 2.00 bits per heavy atom. The number of carbonyl (C=O) groups is 2. The SMILES string of the molecule is Cc1cc(Cl)ccc1N1C(=O)C(=O)/C(=C(\O)c2ccc3c(c2)CCCO3)C1c1ccco1. The Morgan fingerprint density at radius 3 is 2.75 bits per heavy atom. The van der Waals surface area contributed by atoms with E-state index in [0.29, 0.717) is 28.6 Å². The molecule has 6 nitrogen and oxygen atoms in total. The second-order valence-electron chi connectivity index (χ2n) is 7.89. The highest BCUT2D eigenvalue weighted by Crippen LogP contribution is 2.44.